The maximum absolute atomic E-state index is 12.8. The van der Waals surface area contributed by atoms with E-state index < -0.39 is 10.0 Å². The molecule has 0 unspecified atom stereocenters. The fraction of sp³-hybridized carbons (Fsp3) is 0.300. The number of aryl methyl sites for hydroxylation is 3. The van der Waals surface area contributed by atoms with Gasteiger partial charge in [-0.2, -0.15) is 0 Å². The molecule has 0 aliphatic rings. The first kappa shape index (κ1) is 20.7. The molecule has 0 fully saturated rings. The summed E-state index contributed by atoms with van der Waals surface area (Å²) < 4.78 is 36.0. The molecule has 3 aromatic rings. The molecule has 29 heavy (non-hydrogen) atoms. The summed E-state index contributed by atoms with van der Waals surface area (Å²) >= 11 is 0. The molecule has 154 valence electrons. The highest BCUT2D eigenvalue weighted by Gasteiger charge is 2.17. The number of hydrogen-bond acceptors (Lipinski definition) is 5. The second kappa shape index (κ2) is 8.12. The van der Waals surface area contributed by atoms with Gasteiger partial charge in [-0.3, -0.25) is 18.7 Å². The molecule has 2 aromatic carbocycles. The predicted molar refractivity (Wildman–Crippen MR) is 110 cm³/mol. The number of anilines is 1. The van der Waals surface area contributed by atoms with E-state index in [0.717, 1.165) is 5.56 Å². The number of esters is 1. The predicted octanol–water partition coefficient (Wildman–Crippen LogP) is 2.17. The van der Waals surface area contributed by atoms with Gasteiger partial charge in [-0.15, -0.1) is 0 Å². The molecule has 1 N–H and O–H groups in total. The lowest BCUT2D eigenvalue weighted by molar-refractivity contribution is -0.141. The first-order chi connectivity index (χ1) is 13.7. The van der Waals surface area contributed by atoms with Gasteiger partial charge in [0.15, 0.2) is 0 Å². The fourth-order valence-corrected chi connectivity index (χ4v) is 4.22. The molecule has 0 saturated heterocycles. The van der Waals surface area contributed by atoms with Gasteiger partial charge in [0.05, 0.1) is 22.5 Å². The molecule has 8 nitrogen and oxygen atoms in total. The van der Waals surface area contributed by atoms with Gasteiger partial charge in [-0.1, -0.05) is 12.1 Å². The fourth-order valence-electron chi connectivity index (χ4n) is 3.15. The third-order valence-corrected chi connectivity index (χ3v) is 6.03. The first-order valence-electron chi connectivity index (χ1n) is 9.09. The van der Waals surface area contributed by atoms with E-state index in [0.29, 0.717) is 36.2 Å². The maximum atomic E-state index is 12.8. The highest BCUT2D eigenvalue weighted by Crippen LogP contribution is 2.21. The monoisotopic (exact) mass is 417 g/mol. The number of hydrogen-bond donors (Lipinski definition) is 1. The summed E-state index contributed by atoms with van der Waals surface area (Å²) in [5, 5.41) is 0. The van der Waals surface area contributed by atoms with Crippen LogP contribution < -0.4 is 10.4 Å². The Labute approximate surface area is 168 Å². The topological polar surface area (TPSA) is 99.4 Å². The standard InChI is InChI=1S/C20H23N3O5S/c1-14(24)28-11-5-7-15-6-4-8-16(12-15)21-29(26,27)17-9-10-18-19(13-17)23(3)20(25)22(18)2/h4,6,8-10,12-13,21H,5,7,11H2,1-3H3. The van der Waals surface area contributed by atoms with Crippen LogP contribution in [0.1, 0.15) is 18.9 Å². The molecule has 0 atom stereocenters. The Morgan fingerprint density at radius 3 is 2.52 bits per heavy atom. The van der Waals surface area contributed by atoms with Crippen LogP contribution in [0.2, 0.25) is 0 Å². The van der Waals surface area contributed by atoms with Crippen LogP contribution in [0.25, 0.3) is 11.0 Å². The molecule has 0 aliphatic carbocycles. The smallest absolute Gasteiger partial charge is 0.328 e. The molecule has 0 spiro atoms. The molecule has 0 saturated carbocycles. The minimum Gasteiger partial charge on any atom is -0.466 e. The first-order valence-corrected chi connectivity index (χ1v) is 10.6. The van der Waals surface area contributed by atoms with Crippen LogP contribution in [0, 0.1) is 0 Å². The van der Waals surface area contributed by atoms with Crippen LogP contribution >= 0.6 is 0 Å². The minimum absolute atomic E-state index is 0.0754. The van der Waals surface area contributed by atoms with Gasteiger partial charge < -0.3 is 4.74 Å². The number of fused-ring (bicyclic) bond motifs is 1. The summed E-state index contributed by atoms with van der Waals surface area (Å²) in [6, 6.07) is 11.7. The van der Waals surface area contributed by atoms with Crippen molar-refractivity contribution in [3.8, 4) is 0 Å². The Bertz CT molecular complexity index is 1220. The van der Waals surface area contributed by atoms with Gasteiger partial charge in [0.1, 0.15) is 0 Å². The van der Waals surface area contributed by atoms with Gasteiger partial charge in [0, 0.05) is 26.7 Å². The number of aromatic nitrogens is 2. The zero-order valence-electron chi connectivity index (χ0n) is 16.5. The summed E-state index contributed by atoms with van der Waals surface area (Å²) in [6.45, 7) is 1.68. The molecule has 1 aromatic heterocycles. The number of carbonyl (C=O) groups is 1. The molecule has 0 radical (unpaired) electrons. The normalized spacial score (nSPS) is 11.6. The molecule has 1 heterocycles. The zero-order chi connectivity index (χ0) is 21.2. The van der Waals surface area contributed by atoms with Crippen LogP contribution in [0.15, 0.2) is 52.2 Å². The van der Waals surface area contributed by atoms with Crippen molar-refractivity contribution in [2.24, 2.45) is 14.1 Å². The maximum Gasteiger partial charge on any atom is 0.328 e. The summed E-state index contributed by atoms with van der Waals surface area (Å²) in [4.78, 5) is 22.9. The van der Waals surface area contributed by atoms with Gasteiger partial charge in [-0.05, 0) is 48.7 Å². The number of nitrogens with one attached hydrogen (secondary N) is 1. The summed E-state index contributed by atoms with van der Waals surface area (Å²) in [5.74, 6) is -0.320. The van der Waals surface area contributed by atoms with Gasteiger partial charge >= 0.3 is 11.7 Å². The van der Waals surface area contributed by atoms with Crippen LogP contribution in [-0.2, 0) is 40.1 Å². The average molecular weight is 417 g/mol. The van der Waals surface area contributed by atoms with Gasteiger partial charge in [-0.25, -0.2) is 13.2 Å². The van der Waals surface area contributed by atoms with Crippen LogP contribution in [0.4, 0.5) is 5.69 Å². The Hall–Kier alpha value is -3.07. The number of ether oxygens (including phenoxy) is 1. The highest BCUT2D eigenvalue weighted by molar-refractivity contribution is 7.92. The van der Waals surface area contributed by atoms with Crippen molar-refractivity contribution >= 4 is 32.7 Å². The third-order valence-electron chi connectivity index (χ3n) is 4.65. The molecule has 0 amide bonds. The Kier molecular flexibility index (Phi) is 5.78. The average Bonchev–Trinajstić information content (AvgIpc) is 2.89. The van der Waals surface area contributed by atoms with Crippen molar-refractivity contribution in [3.63, 3.8) is 0 Å². The number of imidazole rings is 1. The van der Waals surface area contributed by atoms with Crippen molar-refractivity contribution in [2.45, 2.75) is 24.7 Å². The van der Waals surface area contributed by atoms with Crippen LogP contribution in [-0.4, -0.2) is 30.1 Å². The Balaban J connectivity index is 1.80. The van der Waals surface area contributed by atoms with Crippen LogP contribution in [0.3, 0.4) is 0 Å². The van der Waals surface area contributed by atoms with Crippen molar-refractivity contribution < 1.29 is 17.9 Å². The highest BCUT2D eigenvalue weighted by atomic mass is 32.2. The lowest BCUT2D eigenvalue weighted by Crippen LogP contribution is -2.19. The summed E-state index contributed by atoms with van der Waals surface area (Å²) in [5.41, 5.74) is 2.35. The quantitative estimate of drug-likeness (QED) is 0.469. The Morgan fingerprint density at radius 1 is 1.07 bits per heavy atom. The third kappa shape index (κ3) is 4.51. The van der Waals surface area contributed by atoms with E-state index in [9.17, 15) is 18.0 Å². The van der Waals surface area contributed by atoms with Gasteiger partial charge in [0.25, 0.3) is 10.0 Å². The molecule has 0 aliphatic heterocycles. The second-order valence-corrected chi connectivity index (χ2v) is 8.48. The number of nitrogens with zero attached hydrogens (tertiary/aromatic N) is 2. The Morgan fingerprint density at radius 2 is 1.79 bits per heavy atom. The lowest BCUT2D eigenvalue weighted by atomic mass is 10.1. The number of carbonyl (C=O) groups excluding carboxylic acids is 1. The summed E-state index contributed by atoms with van der Waals surface area (Å²) in [7, 11) is -0.574. The van der Waals surface area contributed by atoms with E-state index in [-0.39, 0.29) is 16.6 Å². The van der Waals surface area contributed by atoms with Crippen LogP contribution in [0.5, 0.6) is 0 Å². The van der Waals surface area contributed by atoms with Gasteiger partial charge in [0.2, 0.25) is 0 Å². The van der Waals surface area contributed by atoms with E-state index in [1.165, 1.54) is 28.2 Å². The van der Waals surface area contributed by atoms with Crippen molar-refractivity contribution in [2.75, 3.05) is 11.3 Å². The number of sulfonamides is 1. The van der Waals surface area contributed by atoms with Crippen molar-refractivity contribution in [3.05, 3.63) is 58.5 Å². The van der Waals surface area contributed by atoms with E-state index in [1.54, 1.807) is 38.4 Å². The molecular formula is C20H23N3O5S. The van der Waals surface area contributed by atoms with E-state index in [2.05, 4.69) is 4.72 Å². The second-order valence-electron chi connectivity index (χ2n) is 6.80. The largest absolute Gasteiger partial charge is 0.466 e. The molecule has 0 bridgehead atoms. The number of benzene rings is 2. The van der Waals surface area contributed by atoms with Crippen molar-refractivity contribution in [1.82, 2.24) is 9.13 Å². The molecule has 3 rings (SSSR count). The van der Waals surface area contributed by atoms with Crippen molar-refractivity contribution in [1.29, 1.82) is 0 Å². The van der Waals surface area contributed by atoms with E-state index in [1.807, 2.05) is 6.07 Å². The van der Waals surface area contributed by atoms with E-state index >= 15 is 0 Å². The number of rotatable bonds is 7. The van der Waals surface area contributed by atoms with E-state index in [4.69, 9.17) is 4.74 Å². The zero-order valence-corrected chi connectivity index (χ0v) is 17.3. The molecule has 9 heteroatoms. The lowest BCUT2D eigenvalue weighted by Gasteiger charge is -2.10. The summed E-state index contributed by atoms with van der Waals surface area (Å²) in [6.07, 6.45) is 1.30. The SMILES string of the molecule is CC(=O)OCCCc1cccc(NS(=O)(=O)c2ccc3c(c2)n(C)c(=O)n3C)c1. The molecular weight excluding hydrogens is 394 g/mol. The minimum atomic E-state index is -3.82.